The van der Waals surface area contributed by atoms with E-state index in [2.05, 4.69) is 20.4 Å². The zero-order chi connectivity index (χ0) is 19.4. The van der Waals surface area contributed by atoms with Crippen LogP contribution in [0, 0.1) is 0 Å². The highest BCUT2D eigenvalue weighted by Gasteiger charge is 2.28. The molecule has 7 nitrogen and oxygen atoms in total. The van der Waals surface area contributed by atoms with Gasteiger partial charge in [0, 0.05) is 37.9 Å². The Labute approximate surface area is 165 Å². The van der Waals surface area contributed by atoms with Crippen LogP contribution in [0.2, 0.25) is 5.02 Å². The van der Waals surface area contributed by atoms with Crippen LogP contribution in [0.3, 0.4) is 0 Å². The minimum absolute atomic E-state index is 0.0730. The smallest absolute Gasteiger partial charge is 0.241 e. The van der Waals surface area contributed by atoms with E-state index in [1.807, 2.05) is 6.92 Å². The molecule has 0 radical (unpaired) electrons. The zero-order valence-corrected chi connectivity index (χ0v) is 16.6. The second-order valence-electron chi connectivity index (χ2n) is 7.17. The van der Waals surface area contributed by atoms with Crippen LogP contribution in [0.5, 0.6) is 5.75 Å². The van der Waals surface area contributed by atoms with Crippen LogP contribution in [0.1, 0.15) is 19.8 Å². The fraction of sp³-hybridized carbons (Fsp3) is 0.579. The molecule has 0 bridgehead atoms. The Morgan fingerprint density at radius 2 is 1.96 bits per heavy atom. The second-order valence-corrected chi connectivity index (χ2v) is 7.58. The summed E-state index contributed by atoms with van der Waals surface area (Å²) >= 11 is 6.11. The van der Waals surface area contributed by atoms with Crippen molar-refractivity contribution < 1.29 is 14.3 Å². The molecule has 1 saturated heterocycles. The summed E-state index contributed by atoms with van der Waals surface area (Å²) in [7, 11) is 1.55. The molecule has 27 heavy (non-hydrogen) atoms. The van der Waals surface area contributed by atoms with E-state index in [1.165, 1.54) is 0 Å². The van der Waals surface area contributed by atoms with E-state index >= 15 is 0 Å². The number of carbonyl (C=O) groups excluding carboxylic acids is 2. The first-order chi connectivity index (χ1) is 13.0. The lowest BCUT2D eigenvalue weighted by Crippen LogP contribution is -2.54. The van der Waals surface area contributed by atoms with E-state index in [0.29, 0.717) is 29.0 Å². The van der Waals surface area contributed by atoms with Gasteiger partial charge in [0.25, 0.3) is 0 Å². The monoisotopic (exact) mass is 394 g/mol. The van der Waals surface area contributed by atoms with E-state index in [0.717, 1.165) is 39.0 Å². The third-order valence-electron chi connectivity index (χ3n) is 5.06. The molecule has 1 atom stereocenters. The van der Waals surface area contributed by atoms with Crippen molar-refractivity contribution in [2.75, 3.05) is 45.2 Å². The van der Waals surface area contributed by atoms with Crippen LogP contribution in [-0.4, -0.2) is 73.5 Å². The van der Waals surface area contributed by atoms with Crippen LogP contribution >= 0.6 is 11.6 Å². The van der Waals surface area contributed by atoms with Crippen LogP contribution in [0.15, 0.2) is 18.2 Å². The molecule has 2 fully saturated rings. The second kappa shape index (κ2) is 8.91. The molecule has 2 amide bonds. The average Bonchev–Trinajstić information content (AvgIpc) is 3.45. The van der Waals surface area contributed by atoms with Gasteiger partial charge in [0.05, 0.1) is 24.7 Å². The lowest BCUT2D eigenvalue weighted by molar-refractivity contribution is -0.124. The molecule has 0 spiro atoms. The molecule has 3 rings (SSSR count). The third kappa shape index (κ3) is 5.57. The van der Waals surface area contributed by atoms with Gasteiger partial charge in [0.15, 0.2) is 0 Å². The van der Waals surface area contributed by atoms with Gasteiger partial charge in [0.1, 0.15) is 5.75 Å². The number of rotatable bonds is 7. The van der Waals surface area contributed by atoms with Crippen molar-refractivity contribution in [3.63, 3.8) is 0 Å². The summed E-state index contributed by atoms with van der Waals surface area (Å²) in [5.74, 6) is 0.605. The highest BCUT2D eigenvalue weighted by atomic mass is 35.5. The summed E-state index contributed by atoms with van der Waals surface area (Å²) in [6, 6.07) is 5.32. The van der Waals surface area contributed by atoms with Gasteiger partial charge in [-0.15, -0.1) is 0 Å². The van der Waals surface area contributed by atoms with Crippen molar-refractivity contribution in [3.8, 4) is 5.75 Å². The van der Waals surface area contributed by atoms with E-state index in [-0.39, 0.29) is 17.9 Å². The first kappa shape index (κ1) is 19.9. The first-order valence-electron chi connectivity index (χ1n) is 9.36. The number of nitrogens with one attached hydrogen (secondary N) is 2. The van der Waals surface area contributed by atoms with Crippen molar-refractivity contribution in [1.29, 1.82) is 0 Å². The molecule has 1 aromatic carbocycles. The van der Waals surface area contributed by atoms with Crippen LogP contribution < -0.4 is 15.4 Å². The van der Waals surface area contributed by atoms with Gasteiger partial charge < -0.3 is 15.4 Å². The number of carbonyl (C=O) groups is 2. The Morgan fingerprint density at radius 1 is 1.26 bits per heavy atom. The number of halogens is 1. The fourth-order valence-electron chi connectivity index (χ4n) is 3.17. The van der Waals surface area contributed by atoms with Gasteiger partial charge >= 0.3 is 0 Å². The van der Waals surface area contributed by atoms with Gasteiger partial charge in [-0.05, 0) is 38.0 Å². The van der Waals surface area contributed by atoms with E-state index in [4.69, 9.17) is 16.3 Å². The summed E-state index contributed by atoms with van der Waals surface area (Å²) in [6.07, 6.45) is 2.21. The maximum absolute atomic E-state index is 12.6. The number of ether oxygens (including phenoxy) is 1. The van der Waals surface area contributed by atoms with Crippen molar-refractivity contribution in [1.82, 2.24) is 15.1 Å². The minimum atomic E-state index is -0.256. The molecule has 1 aliphatic heterocycles. The molecule has 148 valence electrons. The van der Waals surface area contributed by atoms with Gasteiger partial charge in [-0.25, -0.2) is 0 Å². The number of anilines is 1. The minimum Gasteiger partial charge on any atom is -0.495 e. The van der Waals surface area contributed by atoms with Gasteiger partial charge in [-0.3, -0.25) is 19.4 Å². The van der Waals surface area contributed by atoms with E-state index in [9.17, 15) is 9.59 Å². The lowest BCUT2D eigenvalue weighted by Gasteiger charge is -2.37. The Bertz CT molecular complexity index is 688. The van der Waals surface area contributed by atoms with Crippen molar-refractivity contribution >= 4 is 29.1 Å². The van der Waals surface area contributed by atoms with Crippen LogP contribution in [-0.2, 0) is 9.59 Å². The lowest BCUT2D eigenvalue weighted by atomic mass is 10.2. The average molecular weight is 395 g/mol. The summed E-state index contributed by atoms with van der Waals surface area (Å²) < 4.78 is 5.12. The molecule has 1 aliphatic carbocycles. The number of benzene rings is 1. The molecule has 2 aliphatic rings. The number of amides is 2. The Hall–Kier alpha value is -1.83. The molecule has 1 heterocycles. The molecule has 1 unspecified atom stereocenters. The van der Waals surface area contributed by atoms with E-state index < -0.39 is 0 Å². The van der Waals surface area contributed by atoms with Crippen LogP contribution in [0.4, 0.5) is 5.69 Å². The SMILES string of the molecule is COc1ccc(NC(=O)C(C)N2CCN(CC(=O)NC3CC3)CC2)cc1Cl. The van der Waals surface area contributed by atoms with Gasteiger partial charge in [0.2, 0.25) is 11.8 Å². The molecular formula is C19H27ClN4O3. The molecule has 8 heteroatoms. The zero-order valence-electron chi connectivity index (χ0n) is 15.8. The number of hydrogen-bond donors (Lipinski definition) is 2. The predicted molar refractivity (Wildman–Crippen MR) is 105 cm³/mol. The predicted octanol–water partition coefficient (Wildman–Crippen LogP) is 1.57. The first-order valence-corrected chi connectivity index (χ1v) is 9.74. The highest BCUT2D eigenvalue weighted by molar-refractivity contribution is 6.32. The van der Waals surface area contributed by atoms with Crippen LogP contribution in [0.25, 0.3) is 0 Å². The Balaban J connectivity index is 1.45. The molecule has 1 aromatic rings. The summed E-state index contributed by atoms with van der Waals surface area (Å²) in [6.45, 7) is 5.42. The summed E-state index contributed by atoms with van der Waals surface area (Å²) in [5, 5.41) is 6.38. The summed E-state index contributed by atoms with van der Waals surface area (Å²) in [5.41, 5.74) is 0.646. The molecular weight excluding hydrogens is 368 g/mol. The van der Waals surface area contributed by atoms with Crippen molar-refractivity contribution in [3.05, 3.63) is 23.2 Å². The van der Waals surface area contributed by atoms with Gasteiger partial charge in [-0.2, -0.15) is 0 Å². The highest BCUT2D eigenvalue weighted by Crippen LogP contribution is 2.27. The van der Waals surface area contributed by atoms with Crippen molar-refractivity contribution in [2.24, 2.45) is 0 Å². The Kier molecular flexibility index (Phi) is 6.57. The number of nitrogens with zero attached hydrogens (tertiary/aromatic N) is 2. The van der Waals surface area contributed by atoms with Gasteiger partial charge in [-0.1, -0.05) is 11.6 Å². The number of hydrogen-bond acceptors (Lipinski definition) is 5. The summed E-state index contributed by atoms with van der Waals surface area (Å²) in [4.78, 5) is 28.7. The molecule has 1 saturated carbocycles. The molecule has 2 N–H and O–H groups in total. The maximum atomic E-state index is 12.6. The normalized spacial score (nSPS) is 19.4. The quantitative estimate of drug-likeness (QED) is 0.734. The largest absolute Gasteiger partial charge is 0.495 e. The third-order valence-corrected chi connectivity index (χ3v) is 5.36. The fourth-order valence-corrected chi connectivity index (χ4v) is 3.43. The molecule has 0 aromatic heterocycles. The number of methoxy groups -OCH3 is 1. The van der Waals surface area contributed by atoms with Crippen molar-refractivity contribution in [2.45, 2.75) is 31.8 Å². The Morgan fingerprint density at radius 3 is 2.56 bits per heavy atom. The number of piperazine rings is 1. The maximum Gasteiger partial charge on any atom is 0.241 e. The van der Waals surface area contributed by atoms with E-state index in [1.54, 1.807) is 25.3 Å². The topological polar surface area (TPSA) is 73.9 Å². The standard InChI is InChI=1S/C19H27ClN4O3/c1-13(19(26)22-15-5-6-17(27-2)16(20)11-15)24-9-7-23(8-10-24)12-18(25)21-14-3-4-14/h5-6,11,13-14H,3-4,7-10,12H2,1-2H3,(H,21,25)(H,22,26).